The molecule has 1 aromatic heterocycles. The highest BCUT2D eigenvalue weighted by atomic mass is 35.5. The van der Waals surface area contributed by atoms with Crippen molar-refractivity contribution in [3.63, 3.8) is 0 Å². The Bertz CT molecular complexity index is 1140. The number of hydrogen-bond donors (Lipinski definition) is 0. The second-order valence-corrected chi connectivity index (χ2v) is 8.76. The van der Waals surface area contributed by atoms with Crippen molar-refractivity contribution < 1.29 is 18.4 Å². The van der Waals surface area contributed by atoms with E-state index in [-0.39, 0.29) is 24.6 Å². The fraction of sp³-hybridized carbons (Fsp3) is 0.182. The molecule has 4 rings (SSSR count). The Hall–Kier alpha value is -2.48. The topological polar surface area (TPSA) is 41.9 Å². The van der Waals surface area contributed by atoms with Gasteiger partial charge in [-0.3, -0.25) is 4.79 Å². The maximum absolute atomic E-state index is 14.2. The summed E-state index contributed by atoms with van der Waals surface area (Å²) in [5, 5.41) is 6.77. The van der Waals surface area contributed by atoms with Crippen molar-refractivity contribution in [2.75, 3.05) is 6.54 Å². The van der Waals surface area contributed by atoms with Gasteiger partial charge in [0.05, 0.1) is 27.2 Å². The quantitative estimate of drug-likeness (QED) is 0.423. The van der Waals surface area contributed by atoms with Crippen LogP contribution in [0.3, 0.4) is 0 Å². The van der Waals surface area contributed by atoms with Crippen LogP contribution in [0, 0.1) is 11.6 Å². The van der Waals surface area contributed by atoms with Crippen molar-refractivity contribution in [2.24, 2.45) is 5.16 Å². The number of rotatable bonds is 6. The van der Waals surface area contributed by atoms with Crippen LogP contribution in [0.25, 0.3) is 0 Å². The molecule has 9 heteroatoms. The normalized spacial score (nSPS) is 15.5. The van der Waals surface area contributed by atoms with Crippen LogP contribution in [-0.2, 0) is 11.4 Å². The van der Waals surface area contributed by atoms with Gasteiger partial charge in [0.1, 0.15) is 11.6 Å². The summed E-state index contributed by atoms with van der Waals surface area (Å²) in [5.41, 5.74) is 1.67. The van der Waals surface area contributed by atoms with Crippen LogP contribution in [-0.4, -0.2) is 29.2 Å². The molecule has 3 aromatic rings. The maximum atomic E-state index is 14.2. The number of carbonyl (C=O) groups is 1. The van der Waals surface area contributed by atoms with Crippen molar-refractivity contribution in [1.82, 2.24) is 4.90 Å². The van der Waals surface area contributed by atoms with E-state index in [0.717, 1.165) is 11.6 Å². The zero-order chi connectivity index (χ0) is 22.0. The van der Waals surface area contributed by atoms with Gasteiger partial charge >= 0.3 is 0 Å². The lowest BCUT2D eigenvalue weighted by Crippen LogP contribution is -2.37. The number of amides is 1. The van der Waals surface area contributed by atoms with Crippen molar-refractivity contribution >= 4 is 46.2 Å². The Morgan fingerprint density at radius 3 is 2.71 bits per heavy atom. The van der Waals surface area contributed by atoms with Gasteiger partial charge in [-0.25, -0.2) is 8.78 Å². The molecule has 0 N–H and O–H groups in total. The SMILES string of the molecule is O=C(c1cccs1)N(Cc1ccc(F)cc1F)CC1CC(c2ccc(Cl)c(Cl)c2)=NO1. The number of thiophene rings is 1. The van der Waals surface area contributed by atoms with Crippen LogP contribution in [0.2, 0.25) is 10.0 Å². The van der Waals surface area contributed by atoms with Gasteiger partial charge < -0.3 is 9.74 Å². The first kappa shape index (κ1) is 21.7. The summed E-state index contributed by atoms with van der Waals surface area (Å²) in [6.07, 6.45) is 0.0230. The van der Waals surface area contributed by atoms with Crippen LogP contribution >= 0.6 is 34.5 Å². The fourth-order valence-corrected chi connectivity index (χ4v) is 4.24. The smallest absolute Gasteiger partial charge is 0.264 e. The Kier molecular flexibility index (Phi) is 6.55. The molecule has 0 radical (unpaired) electrons. The van der Waals surface area contributed by atoms with E-state index in [0.29, 0.717) is 27.1 Å². The molecule has 0 fully saturated rings. The van der Waals surface area contributed by atoms with Crippen molar-refractivity contribution in [2.45, 2.75) is 19.1 Å². The summed E-state index contributed by atoms with van der Waals surface area (Å²) in [7, 11) is 0. The zero-order valence-electron chi connectivity index (χ0n) is 16.0. The lowest BCUT2D eigenvalue weighted by Gasteiger charge is -2.24. The molecule has 31 heavy (non-hydrogen) atoms. The van der Waals surface area contributed by atoms with E-state index in [2.05, 4.69) is 5.16 Å². The van der Waals surface area contributed by atoms with E-state index >= 15 is 0 Å². The van der Waals surface area contributed by atoms with E-state index in [1.165, 1.54) is 28.4 Å². The summed E-state index contributed by atoms with van der Waals surface area (Å²) >= 11 is 13.3. The van der Waals surface area contributed by atoms with Crippen LogP contribution in [0.1, 0.15) is 27.2 Å². The molecule has 1 aliphatic rings. The predicted octanol–water partition coefficient (Wildman–Crippen LogP) is 6.17. The molecule has 0 bridgehead atoms. The van der Waals surface area contributed by atoms with Gasteiger partial charge in [-0.05, 0) is 29.6 Å². The second kappa shape index (κ2) is 9.34. The van der Waals surface area contributed by atoms with Gasteiger partial charge in [0.15, 0.2) is 6.10 Å². The number of carbonyl (C=O) groups excluding carboxylic acids is 1. The molecule has 0 aliphatic carbocycles. The minimum absolute atomic E-state index is 0.0230. The Labute approximate surface area is 191 Å². The Morgan fingerprint density at radius 1 is 1.16 bits per heavy atom. The first-order chi connectivity index (χ1) is 14.9. The highest BCUT2D eigenvalue weighted by molar-refractivity contribution is 7.12. The van der Waals surface area contributed by atoms with Gasteiger partial charge in [-0.1, -0.05) is 46.6 Å². The average molecular weight is 481 g/mol. The first-order valence-corrected chi connectivity index (χ1v) is 11.0. The molecule has 1 atom stereocenters. The molecular formula is C22H16Cl2F2N2O2S. The minimum Gasteiger partial charge on any atom is -0.390 e. The molecule has 0 saturated heterocycles. The van der Waals surface area contributed by atoms with E-state index in [9.17, 15) is 13.6 Å². The fourth-order valence-electron chi connectivity index (χ4n) is 3.25. The summed E-state index contributed by atoms with van der Waals surface area (Å²) in [4.78, 5) is 20.6. The van der Waals surface area contributed by atoms with Crippen LogP contribution in [0.15, 0.2) is 59.1 Å². The third-order valence-electron chi connectivity index (χ3n) is 4.81. The van der Waals surface area contributed by atoms with Gasteiger partial charge in [0.25, 0.3) is 5.91 Å². The largest absolute Gasteiger partial charge is 0.390 e. The lowest BCUT2D eigenvalue weighted by molar-refractivity contribution is 0.0406. The number of oxime groups is 1. The van der Waals surface area contributed by atoms with Crippen LogP contribution in [0.4, 0.5) is 8.78 Å². The molecule has 1 unspecified atom stereocenters. The summed E-state index contributed by atoms with van der Waals surface area (Å²) in [6, 6.07) is 12.0. The molecular weight excluding hydrogens is 465 g/mol. The molecule has 0 saturated carbocycles. The van der Waals surface area contributed by atoms with Crippen molar-refractivity contribution in [3.05, 3.63) is 91.6 Å². The predicted molar refractivity (Wildman–Crippen MR) is 118 cm³/mol. The van der Waals surface area contributed by atoms with E-state index in [1.807, 2.05) is 0 Å². The Morgan fingerprint density at radius 2 is 2.00 bits per heavy atom. The van der Waals surface area contributed by atoms with E-state index in [4.69, 9.17) is 28.0 Å². The number of hydrogen-bond acceptors (Lipinski definition) is 4. The summed E-state index contributed by atoms with van der Waals surface area (Å²) in [6.45, 7) is 0.159. The molecule has 1 aliphatic heterocycles. The highest BCUT2D eigenvalue weighted by Gasteiger charge is 2.28. The third kappa shape index (κ3) is 5.06. The first-order valence-electron chi connectivity index (χ1n) is 9.35. The highest BCUT2D eigenvalue weighted by Crippen LogP contribution is 2.26. The second-order valence-electron chi connectivity index (χ2n) is 7.00. The summed E-state index contributed by atoms with van der Waals surface area (Å²) < 4.78 is 27.5. The standard InChI is InChI=1S/C22H16Cl2F2N2O2S/c23-17-6-4-13(8-18(17)24)20-10-16(30-27-20)12-28(22(29)21-2-1-7-31-21)11-14-3-5-15(25)9-19(14)26/h1-9,16H,10-12H2. The third-order valence-corrected chi connectivity index (χ3v) is 6.40. The number of benzene rings is 2. The van der Waals surface area contributed by atoms with Crippen LogP contribution < -0.4 is 0 Å². The molecule has 2 aromatic carbocycles. The molecule has 1 amide bonds. The van der Waals surface area contributed by atoms with Gasteiger partial charge in [-0.15, -0.1) is 11.3 Å². The number of nitrogens with zero attached hydrogens (tertiary/aromatic N) is 2. The molecule has 4 nitrogen and oxygen atoms in total. The van der Waals surface area contributed by atoms with Crippen molar-refractivity contribution in [1.29, 1.82) is 0 Å². The lowest BCUT2D eigenvalue weighted by atomic mass is 10.0. The molecule has 2 heterocycles. The molecule has 160 valence electrons. The monoisotopic (exact) mass is 480 g/mol. The minimum atomic E-state index is -0.705. The van der Waals surface area contributed by atoms with Gasteiger partial charge in [0.2, 0.25) is 0 Å². The van der Waals surface area contributed by atoms with E-state index < -0.39 is 17.7 Å². The average Bonchev–Trinajstić information content (AvgIpc) is 3.43. The van der Waals surface area contributed by atoms with Gasteiger partial charge in [-0.2, -0.15) is 0 Å². The van der Waals surface area contributed by atoms with Crippen molar-refractivity contribution in [3.8, 4) is 0 Å². The Balaban J connectivity index is 1.51. The molecule has 0 spiro atoms. The maximum Gasteiger partial charge on any atom is 0.264 e. The zero-order valence-corrected chi connectivity index (χ0v) is 18.4. The van der Waals surface area contributed by atoms with Crippen LogP contribution in [0.5, 0.6) is 0 Å². The van der Waals surface area contributed by atoms with Gasteiger partial charge in [0, 0.05) is 30.2 Å². The summed E-state index contributed by atoms with van der Waals surface area (Å²) in [5.74, 6) is -1.63. The number of halogens is 4. The van der Waals surface area contributed by atoms with E-state index in [1.54, 1.807) is 35.7 Å².